The summed E-state index contributed by atoms with van der Waals surface area (Å²) in [5, 5.41) is 13.6. The Labute approximate surface area is 126 Å². The Balaban J connectivity index is 2.16. The average Bonchev–Trinajstić information content (AvgIpc) is 2.84. The summed E-state index contributed by atoms with van der Waals surface area (Å²) in [6.07, 6.45) is 1.06. The van der Waals surface area contributed by atoms with Gasteiger partial charge in [-0.25, -0.2) is 0 Å². The van der Waals surface area contributed by atoms with Crippen molar-refractivity contribution in [3.63, 3.8) is 0 Å². The van der Waals surface area contributed by atoms with Crippen LogP contribution in [0.25, 0.3) is 0 Å². The highest BCUT2D eigenvalue weighted by Crippen LogP contribution is 2.29. The van der Waals surface area contributed by atoms with Gasteiger partial charge < -0.3 is 15.3 Å². The summed E-state index contributed by atoms with van der Waals surface area (Å²) in [5.41, 5.74) is 2.55. The molecule has 0 aliphatic carbocycles. The second-order valence-corrected chi connectivity index (χ2v) is 7.10. The molecule has 1 atom stereocenters. The number of hydrogen-bond donors (Lipinski definition) is 2. The van der Waals surface area contributed by atoms with Crippen molar-refractivity contribution in [2.45, 2.75) is 39.3 Å². The highest BCUT2D eigenvalue weighted by molar-refractivity contribution is 6.30. The van der Waals surface area contributed by atoms with Gasteiger partial charge in [-0.2, -0.15) is 0 Å². The third-order valence-corrected chi connectivity index (χ3v) is 3.97. The minimum atomic E-state index is 0.0816. The topological polar surface area (TPSA) is 35.5 Å². The van der Waals surface area contributed by atoms with E-state index in [0.29, 0.717) is 5.92 Å². The van der Waals surface area contributed by atoms with Crippen molar-refractivity contribution in [3.05, 3.63) is 28.8 Å². The molecule has 1 aromatic carbocycles. The zero-order chi connectivity index (χ0) is 14.8. The van der Waals surface area contributed by atoms with E-state index in [1.54, 1.807) is 0 Å². The van der Waals surface area contributed by atoms with Crippen LogP contribution in [0.2, 0.25) is 5.02 Å². The Morgan fingerprint density at radius 3 is 2.75 bits per heavy atom. The van der Waals surface area contributed by atoms with Crippen LogP contribution in [0.5, 0.6) is 0 Å². The Morgan fingerprint density at radius 2 is 2.15 bits per heavy atom. The van der Waals surface area contributed by atoms with Crippen molar-refractivity contribution in [2.75, 3.05) is 24.6 Å². The van der Waals surface area contributed by atoms with Crippen molar-refractivity contribution >= 4 is 17.3 Å². The third-order valence-electron chi connectivity index (χ3n) is 3.74. The Kier molecular flexibility index (Phi) is 4.95. The SMILES string of the molecule is CC(C)(C)NCc1cc(Cl)ccc1N1CCC(CO)C1. The molecule has 2 N–H and O–H groups in total. The quantitative estimate of drug-likeness (QED) is 0.896. The van der Waals surface area contributed by atoms with Crippen molar-refractivity contribution < 1.29 is 5.11 Å². The molecule has 0 amide bonds. The molecule has 1 saturated heterocycles. The zero-order valence-corrected chi connectivity index (χ0v) is 13.4. The number of aliphatic hydroxyl groups excluding tert-OH is 1. The predicted molar refractivity (Wildman–Crippen MR) is 85.5 cm³/mol. The molecule has 1 aliphatic rings. The summed E-state index contributed by atoms with van der Waals surface area (Å²) in [5.74, 6) is 0.397. The van der Waals surface area contributed by atoms with Gasteiger partial charge in [0.1, 0.15) is 0 Å². The van der Waals surface area contributed by atoms with E-state index in [0.717, 1.165) is 31.1 Å². The molecule has 1 unspecified atom stereocenters. The second-order valence-electron chi connectivity index (χ2n) is 6.66. The van der Waals surface area contributed by atoms with Crippen LogP contribution in [0.3, 0.4) is 0 Å². The molecular formula is C16H25ClN2O. The number of aliphatic hydroxyl groups is 1. The lowest BCUT2D eigenvalue weighted by Crippen LogP contribution is -2.35. The largest absolute Gasteiger partial charge is 0.396 e. The number of benzene rings is 1. The normalized spacial score (nSPS) is 19.6. The summed E-state index contributed by atoms with van der Waals surface area (Å²) in [7, 11) is 0. The van der Waals surface area contributed by atoms with E-state index in [1.165, 1.54) is 11.3 Å². The maximum Gasteiger partial charge on any atom is 0.0476 e. The van der Waals surface area contributed by atoms with E-state index in [4.69, 9.17) is 11.6 Å². The van der Waals surface area contributed by atoms with Gasteiger partial charge in [0, 0.05) is 48.4 Å². The summed E-state index contributed by atoms with van der Waals surface area (Å²) in [6.45, 7) is 9.51. The fraction of sp³-hybridized carbons (Fsp3) is 0.625. The van der Waals surface area contributed by atoms with Crippen LogP contribution in [0.4, 0.5) is 5.69 Å². The zero-order valence-electron chi connectivity index (χ0n) is 12.6. The van der Waals surface area contributed by atoms with Gasteiger partial charge in [0.2, 0.25) is 0 Å². The molecule has 0 saturated carbocycles. The van der Waals surface area contributed by atoms with Gasteiger partial charge >= 0.3 is 0 Å². The standard InChI is InChI=1S/C16H25ClN2O/c1-16(2,3)18-9-13-8-14(17)4-5-15(13)19-7-6-12(10-19)11-20/h4-5,8,12,18,20H,6-7,9-11H2,1-3H3. The lowest BCUT2D eigenvalue weighted by Gasteiger charge is -2.25. The molecule has 3 nitrogen and oxygen atoms in total. The molecule has 112 valence electrons. The van der Waals surface area contributed by atoms with E-state index in [2.05, 4.69) is 37.1 Å². The van der Waals surface area contributed by atoms with Crippen LogP contribution in [0.1, 0.15) is 32.8 Å². The Hall–Kier alpha value is -0.770. The molecule has 0 bridgehead atoms. The lowest BCUT2D eigenvalue weighted by molar-refractivity contribution is 0.238. The minimum Gasteiger partial charge on any atom is -0.396 e. The molecule has 20 heavy (non-hydrogen) atoms. The van der Waals surface area contributed by atoms with Crippen LogP contribution in [0, 0.1) is 5.92 Å². The lowest BCUT2D eigenvalue weighted by atomic mass is 10.1. The van der Waals surface area contributed by atoms with Gasteiger partial charge in [0.15, 0.2) is 0 Å². The van der Waals surface area contributed by atoms with E-state index in [-0.39, 0.29) is 12.1 Å². The smallest absolute Gasteiger partial charge is 0.0476 e. The van der Waals surface area contributed by atoms with Crippen LogP contribution in [-0.2, 0) is 6.54 Å². The Bertz CT molecular complexity index is 456. The number of rotatable bonds is 4. The predicted octanol–water partition coefficient (Wildman–Crippen LogP) is 3.05. The fourth-order valence-electron chi connectivity index (χ4n) is 2.57. The van der Waals surface area contributed by atoms with E-state index >= 15 is 0 Å². The monoisotopic (exact) mass is 296 g/mol. The van der Waals surface area contributed by atoms with Crippen LogP contribution < -0.4 is 10.2 Å². The first-order chi connectivity index (χ1) is 9.39. The molecule has 1 fully saturated rings. The van der Waals surface area contributed by atoms with Gasteiger partial charge in [-0.15, -0.1) is 0 Å². The molecule has 0 radical (unpaired) electrons. The van der Waals surface area contributed by atoms with Gasteiger partial charge in [0.05, 0.1) is 0 Å². The van der Waals surface area contributed by atoms with Crippen LogP contribution in [-0.4, -0.2) is 30.3 Å². The first-order valence-electron chi connectivity index (χ1n) is 7.28. The van der Waals surface area contributed by atoms with E-state index in [9.17, 15) is 5.11 Å². The molecule has 0 spiro atoms. The number of nitrogens with zero attached hydrogens (tertiary/aromatic N) is 1. The Morgan fingerprint density at radius 1 is 1.40 bits per heavy atom. The summed E-state index contributed by atoms with van der Waals surface area (Å²) >= 11 is 6.14. The maximum absolute atomic E-state index is 9.29. The van der Waals surface area contributed by atoms with Crippen LogP contribution >= 0.6 is 11.6 Å². The summed E-state index contributed by atoms with van der Waals surface area (Å²) < 4.78 is 0. The fourth-order valence-corrected chi connectivity index (χ4v) is 2.76. The maximum atomic E-state index is 9.29. The highest BCUT2D eigenvalue weighted by Gasteiger charge is 2.24. The average molecular weight is 297 g/mol. The molecular weight excluding hydrogens is 272 g/mol. The highest BCUT2D eigenvalue weighted by atomic mass is 35.5. The van der Waals surface area contributed by atoms with Crippen LogP contribution in [0.15, 0.2) is 18.2 Å². The van der Waals surface area contributed by atoms with Gasteiger partial charge in [0.25, 0.3) is 0 Å². The molecule has 1 aromatic rings. The molecule has 1 aliphatic heterocycles. The molecule has 2 rings (SSSR count). The summed E-state index contributed by atoms with van der Waals surface area (Å²) in [6, 6.07) is 6.09. The van der Waals surface area contributed by atoms with Crippen molar-refractivity contribution in [2.24, 2.45) is 5.92 Å². The van der Waals surface area contributed by atoms with E-state index < -0.39 is 0 Å². The van der Waals surface area contributed by atoms with Gasteiger partial charge in [-0.3, -0.25) is 0 Å². The summed E-state index contributed by atoms with van der Waals surface area (Å²) in [4.78, 5) is 2.36. The third kappa shape index (κ3) is 4.11. The number of hydrogen-bond acceptors (Lipinski definition) is 3. The number of halogens is 1. The first-order valence-corrected chi connectivity index (χ1v) is 7.66. The van der Waals surface area contributed by atoms with Gasteiger partial charge in [-0.05, 0) is 51.0 Å². The van der Waals surface area contributed by atoms with E-state index in [1.807, 2.05) is 12.1 Å². The van der Waals surface area contributed by atoms with Gasteiger partial charge in [-0.1, -0.05) is 11.6 Å². The first kappa shape index (κ1) is 15.6. The molecule has 0 aromatic heterocycles. The number of nitrogens with one attached hydrogen (secondary N) is 1. The molecule has 4 heteroatoms. The minimum absolute atomic E-state index is 0.0816. The molecule has 1 heterocycles. The van der Waals surface area contributed by atoms with Crippen molar-refractivity contribution in [1.29, 1.82) is 0 Å². The van der Waals surface area contributed by atoms with Crippen molar-refractivity contribution in [3.8, 4) is 0 Å². The second kappa shape index (κ2) is 6.33. The van der Waals surface area contributed by atoms with Crippen molar-refractivity contribution in [1.82, 2.24) is 5.32 Å². The number of anilines is 1.